The van der Waals surface area contributed by atoms with Crippen LogP contribution < -0.4 is 10.6 Å². The van der Waals surface area contributed by atoms with E-state index in [1.807, 2.05) is 34.6 Å². The normalized spacial score (nSPS) is 14.4. The Morgan fingerprint density at radius 1 is 1.04 bits per heavy atom. The monoisotopic (exact) mass is 358 g/mol. The van der Waals surface area contributed by atoms with Crippen LogP contribution in [0.1, 0.15) is 60.3 Å². The Morgan fingerprint density at radius 3 is 2.16 bits per heavy atom. The number of hydrogen-bond acceptors (Lipinski definition) is 5. The van der Waals surface area contributed by atoms with Gasteiger partial charge in [0.2, 0.25) is 5.91 Å². The lowest BCUT2D eigenvalue weighted by molar-refractivity contribution is -0.146. The third-order valence-corrected chi connectivity index (χ3v) is 4.01. The molecule has 0 aliphatic rings. The quantitative estimate of drug-likeness (QED) is 0.437. The van der Waals surface area contributed by atoms with Gasteiger partial charge in [-0.15, -0.1) is 0 Å². The van der Waals surface area contributed by atoms with Gasteiger partial charge in [0.15, 0.2) is 0 Å². The van der Waals surface area contributed by atoms with Crippen LogP contribution in [0, 0.1) is 11.8 Å². The van der Waals surface area contributed by atoms with Crippen LogP contribution in [0.3, 0.4) is 0 Å². The van der Waals surface area contributed by atoms with Gasteiger partial charge in [0.25, 0.3) is 0 Å². The zero-order valence-electron chi connectivity index (χ0n) is 16.4. The van der Waals surface area contributed by atoms with Crippen LogP contribution in [0.15, 0.2) is 0 Å². The van der Waals surface area contributed by atoms with E-state index in [0.29, 0.717) is 19.4 Å². The van der Waals surface area contributed by atoms with Gasteiger partial charge in [-0.1, -0.05) is 47.5 Å². The number of esters is 1. The Bertz CT molecular complexity index is 426. The van der Waals surface area contributed by atoms with Crippen molar-refractivity contribution in [1.29, 1.82) is 0 Å². The summed E-state index contributed by atoms with van der Waals surface area (Å²) in [6.45, 7) is 10.0. The Labute approximate surface area is 151 Å². The highest BCUT2D eigenvalue weighted by Gasteiger charge is 2.30. The summed E-state index contributed by atoms with van der Waals surface area (Å²) in [5.41, 5.74) is 0. The lowest BCUT2D eigenvalue weighted by Gasteiger charge is -2.26. The number of unbranched alkanes of at least 4 members (excludes halogenated alkanes) is 1. The van der Waals surface area contributed by atoms with Crippen molar-refractivity contribution in [1.82, 2.24) is 10.6 Å². The topological polar surface area (TPSA) is 93.7 Å². The molecule has 3 atom stereocenters. The molecule has 0 radical (unpaired) electrons. The number of amides is 2. The first-order valence-corrected chi connectivity index (χ1v) is 9.08. The molecule has 0 spiro atoms. The first-order chi connectivity index (χ1) is 11.8. The maximum atomic E-state index is 12.6. The summed E-state index contributed by atoms with van der Waals surface area (Å²) in [5, 5.41) is 5.32. The second kappa shape index (κ2) is 12.6. The van der Waals surface area contributed by atoms with Crippen LogP contribution in [0.2, 0.25) is 0 Å². The standard InChI is InChI=1S/C18H34N2O5/c1-7-9-10-25-18(23)20-15(13(5)8-2)16(21)19-14(11-12(3)4)17(22)24-6/h12-15H,7-11H2,1-6H3,(H,19,21)(H,20,23). The van der Waals surface area contributed by atoms with E-state index in [1.165, 1.54) is 7.11 Å². The molecule has 0 aliphatic heterocycles. The van der Waals surface area contributed by atoms with Crippen molar-refractivity contribution < 1.29 is 23.9 Å². The number of methoxy groups -OCH3 is 1. The van der Waals surface area contributed by atoms with Crippen molar-refractivity contribution in [2.45, 2.75) is 72.4 Å². The fourth-order valence-electron chi connectivity index (χ4n) is 2.27. The molecule has 25 heavy (non-hydrogen) atoms. The number of carbonyl (C=O) groups excluding carboxylic acids is 3. The molecule has 2 N–H and O–H groups in total. The predicted octanol–water partition coefficient (Wildman–Crippen LogP) is 2.63. The molecule has 3 unspecified atom stereocenters. The summed E-state index contributed by atoms with van der Waals surface area (Å²) in [6, 6.07) is -1.50. The number of alkyl carbamates (subject to hydrolysis) is 1. The average Bonchev–Trinajstić information content (AvgIpc) is 2.57. The average molecular weight is 358 g/mol. The van der Waals surface area contributed by atoms with Gasteiger partial charge < -0.3 is 20.1 Å². The third-order valence-electron chi connectivity index (χ3n) is 4.01. The molecular weight excluding hydrogens is 324 g/mol. The molecule has 0 rings (SSSR count). The highest BCUT2D eigenvalue weighted by Crippen LogP contribution is 2.11. The summed E-state index contributed by atoms with van der Waals surface area (Å²) in [7, 11) is 1.29. The third kappa shape index (κ3) is 9.31. The number of hydrogen-bond donors (Lipinski definition) is 2. The molecule has 0 aromatic heterocycles. The molecule has 7 nitrogen and oxygen atoms in total. The molecule has 0 heterocycles. The molecule has 2 amide bonds. The summed E-state index contributed by atoms with van der Waals surface area (Å²) >= 11 is 0. The molecule has 0 saturated heterocycles. The molecule has 7 heteroatoms. The minimum absolute atomic E-state index is 0.101. The Balaban J connectivity index is 4.96. The molecule has 0 aromatic rings. The fraction of sp³-hybridized carbons (Fsp3) is 0.833. The summed E-state index contributed by atoms with van der Waals surface area (Å²) in [4.78, 5) is 36.4. The number of nitrogens with one attached hydrogen (secondary N) is 2. The summed E-state index contributed by atoms with van der Waals surface area (Å²) in [5.74, 6) is -0.789. The van der Waals surface area contributed by atoms with Crippen LogP contribution in [-0.4, -0.2) is 43.8 Å². The van der Waals surface area contributed by atoms with Crippen LogP contribution in [0.25, 0.3) is 0 Å². The van der Waals surface area contributed by atoms with Gasteiger partial charge in [-0.3, -0.25) is 4.79 Å². The minimum atomic E-state index is -0.765. The largest absolute Gasteiger partial charge is 0.467 e. The zero-order chi connectivity index (χ0) is 19.4. The molecule has 0 saturated carbocycles. The van der Waals surface area contributed by atoms with E-state index in [1.54, 1.807) is 0 Å². The van der Waals surface area contributed by atoms with Crippen LogP contribution >= 0.6 is 0 Å². The Hall–Kier alpha value is -1.79. The smallest absolute Gasteiger partial charge is 0.407 e. The first-order valence-electron chi connectivity index (χ1n) is 9.08. The van der Waals surface area contributed by atoms with E-state index in [2.05, 4.69) is 10.6 Å². The Morgan fingerprint density at radius 2 is 1.68 bits per heavy atom. The van der Waals surface area contributed by atoms with Gasteiger partial charge in [-0.2, -0.15) is 0 Å². The summed E-state index contributed by atoms with van der Waals surface area (Å²) < 4.78 is 9.84. The highest BCUT2D eigenvalue weighted by atomic mass is 16.5. The van der Waals surface area contributed by atoms with Gasteiger partial charge in [-0.25, -0.2) is 9.59 Å². The van der Waals surface area contributed by atoms with Crippen molar-refractivity contribution in [3.63, 3.8) is 0 Å². The second-order valence-corrected chi connectivity index (χ2v) is 6.71. The molecule has 0 aromatic carbocycles. The number of ether oxygens (including phenoxy) is 2. The molecule has 0 aliphatic carbocycles. The van der Waals surface area contributed by atoms with E-state index in [0.717, 1.165) is 12.8 Å². The number of carbonyl (C=O) groups is 3. The second-order valence-electron chi connectivity index (χ2n) is 6.71. The van der Waals surface area contributed by atoms with Crippen molar-refractivity contribution in [2.75, 3.05) is 13.7 Å². The van der Waals surface area contributed by atoms with E-state index in [-0.39, 0.29) is 11.8 Å². The van der Waals surface area contributed by atoms with Crippen molar-refractivity contribution in [3.8, 4) is 0 Å². The van der Waals surface area contributed by atoms with E-state index in [4.69, 9.17) is 9.47 Å². The zero-order valence-corrected chi connectivity index (χ0v) is 16.4. The van der Waals surface area contributed by atoms with Crippen LogP contribution in [0.5, 0.6) is 0 Å². The van der Waals surface area contributed by atoms with Crippen LogP contribution in [-0.2, 0) is 19.1 Å². The van der Waals surface area contributed by atoms with Crippen molar-refractivity contribution >= 4 is 18.0 Å². The van der Waals surface area contributed by atoms with E-state index in [9.17, 15) is 14.4 Å². The molecule has 0 bridgehead atoms. The van der Waals surface area contributed by atoms with E-state index < -0.39 is 30.1 Å². The van der Waals surface area contributed by atoms with Gasteiger partial charge in [0.1, 0.15) is 12.1 Å². The minimum Gasteiger partial charge on any atom is -0.467 e. The predicted molar refractivity (Wildman–Crippen MR) is 96.0 cm³/mol. The van der Waals surface area contributed by atoms with Crippen molar-refractivity contribution in [2.24, 2.45) is 11.8 Å². The Kier molecular flexibility index (Phi) is 11.7. The molecule has 0 fully saturated rings. The lowest BCUT2D eigenvalue weighted by atomic mass is 9.97. The van der Waals surface area contributed by atoms with Gasteiger partial charge >= 0.3 is 12.1 Å². The highest BCUT2D eigenvalue weighted by molar-refractivity contribution is 5.89. The van der Waals surface area contributed by atoms with Crippen LogP contribution in [0.4, 0.5) is 4.79 Å². The van der Waals surface area contributed by atoms with E-state index >= 15 is 0 Å². The fourth-order valence-corrected chi connectivity index (χ4v) is 2.27. The SMILES string of the molecule is CCCCOC(=O)NC(C(=O)NC(CC(C)C)C(=O)OC)C(C)CC. The summed E-state index contributed by atoms with van der Waals surface area (Å²) in [6.07, 6.45) is 2.23. The molecular formula is C18H34N2O5. The van der Waals surface area contributed by atoms with Gasteiger partial charge in [0, 0.05) is 0 Å². The number of rotatable bonds is 11. The maximum Gasteiger partial charge on any atom is 0.407 e. The van der Waals surface area contributed by atoms with Gasteiger partial charge in [-0.05, 0) is 24.7 Å². The first kappa shape index (κ1) is 23.2. The van der Waals surface area contributed by atoms with Crippen molar-refractivity contribution in [3.05, 3.63) is 0 Å². The maximum absolute atomic E-state index is 12.6. The van der Waals surface area contributed by atoms with Gasteiger partial charge in [0.05, 0.1) is 13.7 Å². The molecule has 146 valence electrons. The lowest BCUT2D eigenvalue weighted by Crippen LogP contribution is -2.54.